The molecule has 0 unspecified atom stereocenters. The number of alkyl halides is 3. The zero-order valence-electron chi connectivity index (χ0n) is 9.91. The Morgan fingerprint density at radius 1 is 1.30 bits per heavy atom. The lowest BCUT2D eigenvalue weighted by molar-refractivity contribution is -0.137. The van der Waals surface area contributed by atoms with Gasteiger partial charge in [-0.2, -0.15) is 21.8 Å². The monoisotopic (exact) mass is 299 g/mol. The molecule has 8 heteroatoms. The van der Waals surface area contributed by atoms with E-state index in [1.165, 1.54) is 35.4 Å². The highest BCUT2D eigenvalue weighted by Crippen LogP contribution is 2.29. The minimum Gasteiger partial charge on any atom is -0.306 e. The molecule has 0 saturated heterocycles. The molecule has 0 aliphatic heterocycles. The van der Waals surface area contributed by atoms with E-state index in [1.54, 1.807) is 0 Å². The molecule has 1 aromatic carbocycles. The van der Waals surface area contributed by atoms with Crippen LogP contribution in [0.1, 0.15) is 11.3 Å². The number of aromatic nitrogens is 2. The van der Waals surface area contributed by atoms with Crippen molar-refractivity contribution in [2.45, 2.75) is 6.18 Å². The Morgan fingerprint density at radius 3 is 2.50 bits per heavy atom. The predicted molar refractivity (Wildman–Crippen MR) is 69.2 cm³/mol. The first-order chi connectivity index (χ1) is 9.36. The second-order valence-corrected chi connectivity index (χ2v) is 4.52. The summed E-state index contributed by atoms with van der Waals surface area (Å²) < 4.78 is 52.8. The van der Waals surface area contributed by atoms with E-state index in [0.717, 1.165) is 12.1 Å². The third-order valence-electron chi connectivity index (χ3n) is 2.38. The lowest BCUT2D eigenvalue weighted by Crippen LogP contribution is -2.04. The van der Waals surface area contributed by atoms with Gasteiger partial charge in [-0.3, -0.25) is 0 Å². The molecule has 0 fully saturated rings. The third kappa shape index (κ3) is 3.37. The Kier molecular flexibility index (Phi) is 3.78. The average molecular weight is 299 g/mol. The third-order valence-corrected chi connectivity index (χ3v) is 2.70. The van der Waals surface area contributed by atoms with E-state index in [-0.39, 0.29) is 0 Å². The lowest BCUT2D eigenvalue weighted by Gasteiger charge is -2.07. The predicted octanol–water partition coefficient (Wildman–Crippen LogP) is 2.56. The van der Waals surface area contributed by atoms with E-state index >= 15 is 0 Å². The molecule has 2 rings (SSSR count). The fourth-order valence-electron chi connectivity index (χ4n) is 1.47. The fraction of sp³-hybridized carbons (Fsp3) is 0.0833. The summed E-state index contributed by atoms with van der Waals surface area (Å²) in [6.45, 7) is 0. The summed E-state index contributed by atoms with van der Waals surface area (Å²) in [5.74, 6) is 0. The van der Waals surface area contributed by atoms with Gasteiger partial charge in [0.15, 0.2) is 0 Å². The highest BCUT2D eigenvalue weighted by Gasteiger charge is 2.29. The van der Waals surface area contributed by atoms with Crippen LogP contribution in [-0.4, -0.2) is 20.0 Å². The molecule has 0 N–H and O–H groups in total. The van der Waals surface area contributed by atoms with Crippen LogP contribution in [0.4, 0.5) is 13.2 Å². The van der Waals surface area contributed by atoms with Gasteiger partial charge in [0.05, 0.1) is 18.1 Å². The van der Waals surface area contributed by atoms with Crippen LogP contribution in [0.25, 0.3) is 5.69 Å². The van der Waals surface area contributed by atoms with Crippen LogP contribution >= 0.6 is 0 Å². The fourth-order valence-corrected chi connectivity index (χ4v) is 1.69. The highest BCUT2D eigenvalue weighted by molar-refractivity contribution is 7.72. The molecular formula is C12H8F3N3OS. The van der Waals surface area contributed by atoms with Gasteiger partial charge in [0.2, 0.25) is 0 Å². The Morgan fingerprint density at radius 2 is 1.95 bits per heavy atom. The summed E-state index contributed by atoms with van der Waals surface area (Å²) in [6.07, 6.45) is -0.213. The minimum atomic E-state index is -4.36. The largest absolute Gasteiger partial charge is 0.416 e. The topological polar surface area (TPSA) is 47.2 Å². The smallest absolute Gasteiger partial charge is 0.306 e. The second-order valence-electron chi connectivity index (χ2n) is 3.76. The number of rotatable bonds is 2. The molecule has 0 bridgehead atoms. The number of halogens is 3. The maximum Gasteiger partial charge on any atom is 0.416 e. The van der Waals surface area contributed by atoms with Gasteiger partial charge < -0.3 is 4.57 Å². The van der Waals surface area contributed by atoms with Gasteiger partial charge in [-0.05, 0) is 24.3 Å². The van der Waals surface area contributed by atoms with E-state index in [1.807, 2.05) is 0 Å². The van der Waals surface area contributed by atoms with Crippen molar-refractivity contribution in [3.05, 3.63) is 48.0 Å². The molecule has 0 atom stereocenters. The van der Waals surface area contributed by atoms with Gasteiger partial charge in [-0.1, -0.05) is 5.69 Å². The number of hydrogen-bond donors (Lipinski definition) is 0. The van der Waals surface area contributed by atoms with Crippen LogP contribution in [0, 0.1) is 5.69 Å². The summed E-state index contributed by atoms with van der Waals surface area (Å²) in [7, 11) is -1.82. The van der Waals surface area contributed by atoms with Crippen molar-refractivity contribution >= 4 is 16.6 Å². The molecule has 0 amide bonds. The van der Waals surface area contributed by atoms with E-state index in [9.17, 15) is 17.4 Å². The van der Waals surface area contributed by atoms with Gasteiger partial charge in [0.1, 0.15) is 16.1 Å². The Balaban J connectivity index is 2.25. The Labute approximate surface area is 114 Å². The number of benzene rings is 1. The molecule has 0 spiro atoms. The highest BCUT2D eigenvalue weighted by atomic mass is 32.2. The van der Waals surface area contributed by atoms with Crippen LogP contribution in [-0.2, 0) is 16.6 Å². The maximum absolute atomic E-state index is 12.4. The standard InChI is InChI=1S/C12H8F3N3OS/c1-20(19)17-6-10-7-18(8-16-10)11-4-2-9(3-5-11)12(13,14)15/h1-8H/b17-6+. The SMILES string of the molecule is C#S(=O)/N=C/c1cn(-c2ccc(C(F)(F)F)cc2)cn1. The average Bonchev–Trinajstić information content (AvgIpc) is 2.84. The van der Waals surface area contributed by atoms with Gasteiger partial charge in [0.25, 0.3) is 0 Å². The first-order valence-electron chi connectivity index (χ1n) is 5.28. The Bertz CT molecular complexity index is 757. The van der Waals surface area contributed by atoms with Crippen molar-refractivity contribution in [1.82, 2.24) is 9.55 Å². The van der Waals surface area contributed by atoms with Crippen molar-refractivity contribution in [3.8, 4) is 11.4 Å². The van der Waals surface area contributed by atoms with Gasteiger partial charge in [-0.15, -0.1) is 0 Å². The van der Waals surface area contributed by atoms with Crippen LogP contribution in [0.15, 0.2) is 41.2 Å². The van der Waals surface area contributed by atoms with Gasteiger partial charge >= 0.3 is 6.18 Å². The number of imidazole rings is 1. The molecule has 1 aromatic heterocycles. The summed E-state index contributed by atoms with van der Waals surface area (Å²) in [5.41, 5.74) is 5.13. The van der Waals surface area contributed by atoms with Gasteiger partial charge in [-0.25, -0.2) is 4.98 Å². The molecule has 0 radical (unpaired) electrons. The first-order valence-corrected chi connectivity index (χ1v) is 6.45. The van der Waals surface area contributed by atoms with Crippen LogP contribution in [0.3, 0.4) is 0 Å². The van der Waals surface area contributed by atoms with Crippen molar-refractivity contribution in [3.63, 3.8) is 0 Å². The summed E-state index contributed by atoms with van der Waals surface area (Å²) in [6, 6.07) is 4.62. The number of hydrogen-bond acceptors (Lipinski definition) is 2. The van der Waals surface area contributed by atoms with Crippen molar-refractivity contribution in [2.24, 2.45) is 4.40 Å². The number of nitrogens with zero attached hydrogens (tertiary/aromatic N) is 3. The van der Waals surface area contributed by atoms with Crippen LogP contribution < -0.4 is 0 Å². The molecule has 1 heterocycles. The molecule has 0 aliphatic carbocycles. The van der Waals surface area contributed by atoms with E-state index < -0.39 is 22.1 Å². The molecule has 104 valence electrons. The van der Waals surface area contributed by atoms with Gasteiger partial charge in [0, 0.05) is 11.9 Å². The molecule has 0 aliphatic rings. The normalized spacial score (nSPS) is 11.9. The Hall–Kier alpha value is -2.31. The van der Waals surface area contributed by atoms with Crippen molar-refractivity contribution in [2.75, 3.05) is 0 Å². The first kappa shape index (κ1) is 14.1. The van der Waals surface area contributed by atoms with E-state index in [0.29, 0.717) is 11.4 Å². The lowest BCUT2D eigenvalue weighted by atomic mass is 10.2. The molecule has 0 saturated carbocycles. The quantitative estimate of drug-likeness (QED) is 0.800. The van der Waals surface area contributed by atoms with Crippen LogP contribution in [0.5, 0.6) is 0 Å². The maximum atomic E-state index is 12.4. The second kappa shape index (κ2) is 5.36. The summed E-state index contributed by atoms with van der Waals surface area (Å²) in [4.78, 5) is 3.94. The van der Waals surface area contributed by atoms with E-state index in [4.69, 9.17) is 5.69 Å². The van der Waals surface area contributed by atoms with E-state index in [2.05, 4.69) is 9.38 Å². The molecule has 4 nitrogen and oxygen atoms in total. The molecule has 2 aromatic rings. The van der Waals surface area contributed by atoms with Crippen molar-refractivity contribution in [1.29, 1.82) is 0 Å². The zero-order valence-corrected chi connectivity index (χ0v) is 10.7. The van der Waals surface area contributed by atoms with Crippen molar-refractivity contribution < 1.29 is 17.4 Å². The van der Waals surface area contributed by atoms with Crippen LogP contribution in [0.2, 0.25) is 0 Å². The minimum absolute atomic E-state index is 0.392. The zero-order chi connectivity index (χ0) is 14.8. The summed E-state index contributed by atoms with van der Waals surface area (Å²) >= 11 is 0. The summed E-state index contributed by atoms with van der Waals surface area (Å²) in [5, 5.41) is 0. The molecule has 20 heavy (non-hydrogen) atoms. The molecular weight excluding hydrogens is 291 g/mol.